The zero-order valence-corrected chi connectivity index (χ0v) is 14.5. The van der Waals surface area contributed by atoms with Crippen LogP contribution in [-0.2, 0) is 23.0 Å². The van der Waals surface area contributed by atoms with Crippen LogP contribution in [0.5, 0.6) is 0 Å². The average molecular weight is 362 g/mol. The third-order valence-corrected chi connectivity index (χ3v) is 5.39. The Bertz CT molecular complexity index is 968. The summed E-state index contributed by atoms with van der Waals surface area (Å²) in [6, 6.07) is 6.44. The summed E-state index contributed by atoms with van der Waals surface area (Å²) in [6.07, 6.45) is 1.83. The summed E-state index contributed by atoms with van der Waals surface area (Å²) in [5.41, 5.74) is 1.38. The highest BCUT2D eigenvalue weighted by molar-refractivity contribution is 7.92. The van der Waals surface area contributed by atoms with Crippen molar-refractivity contribution in [2.75, 3.05) is 17.0 Å². The number of carbonyl (C=O) groups excluding carboxylic acids is 1. The number of anilines is 1. The molecule has 0 saturated heterocycles. The number of aromatic amines is 1. The highest BCUT2D eigenvalue weighted by Gasteiger charge is 2.26. The standard InChI is InChI=1S/C16H18N4O4S/c1-2-25(23,24)19-14-6-4-3-5-11(14)16(22)20-8-7-13-12(9-20)15(21)18-10-17-13/h3-6,10,19H,2,7-9H2,1H3,(H,17,18,21). The fraction of sp³-hybridized carbons (Fsp3) is 0.312. The number of para-hydroxylation sites is 1. The van der Waals surface area contributed by atoms with Crippen LogP contribution in [0, 0.1) is 0 Å². The first-order valence-electron chi connectivity index (χ1n) is 7.85. The Morgan fingerprint density at radius 1 is 1.36 bits per heavy atom. The summed E-state index contributed by atoms with van der Waals surface area (Å²) in [7, 11) is -3.50. The molecule has 1 amide bonds. The predicted octanol–water partition coefficient (Wildman–Crippen LogP) is 0.730. The van der Waals surface area contributed by atoms with Crippen molar-refractivity contribution in [1.29, 1.82) is 0 Å². The average Bonchev–Trinajstić information content (AvgIpc) is 2.61. The lowest BCUT2D eigenvalue weighted by Gasteiger charge is -2.28. The fourth-order valence-electron chi connectivity index (χ4n) is 2.70. The van der Waals surface area contributed by atoms with Crippen LogP contribution in [0.4, 0.5) is 5.69 Å². The number of nitrogens with zero attached hydrogens (tertiary/aromatic N) is 2. The Kier molecular flexibility index (Phi) is 4.58. The van der Waals surface area contributed by atoms with Crippen molar-refractivity contribution >= 4 is 21.6 Å². The molecule has 8 nitrogen and oxygen atoms in total. The molecule has 0 bridgehead atoms. The predicted molar refractivity (Wildman–Crippen MR) is 92.8 cm³/mol. The molecule has 2 N–H and O–H groups in total. The molecule has 1 aromatic carbocycles. The Labute approximate surface area is 145 Å². The van der Waals surface area contributed by atoms with Crippen LogP contribution in [0.25, 0.3) is 0 Å². The summed E-state index contributed by atoms with van der Waals surface area (Å²) >= 11 is 0. The van der Waals surface area contributed by atoms with Crippen molar-refractivity contribution in [3.63, 3.8) is 0 Å². The van der Waals surface area contributed by atoms with Gasteiger partial charge < -0.3 is 9.88 Å². The lowest BCUT2D eigenvalue weighted by Crippen LogP contribution is -2.39. The van der Waals surface area contributed by atoms with Gasteiger partial charge in [0.05, 0.1) is 41.1 Å². The monoisotopic (exact) mass is 362 g/mol. The molecule has 132 valence electrons. The molecular formula is C16H18N4O4S. The number of benzene rings is 1. The summed E-state index contributed by atoms with van der Waals surface area (Å²) in [5, 5.41) is 0. The van der Waals surface area contributed by atoms with E-state index in [1.807, 2.05) is 0 Å². The number of hydrogen-bond donors (Lipinski definition) is 2. The van der Waals surface area contributed by atoms with Crippen LogP contribution in [0.2, 0.25) is 0 Å². The van der Waals surface area contributed by atoms with E-state index < -0.39 is 10.0 Å². The number of fused-ring (bicyclic) bond motifs is 1. The van der Waals surface area contributed by atoms with E-state index in [4.69, 9.17) is 0 Å². The van der Waals surface area contributed by atoms with Gasteiger partial charge in [0.2, 0.25) is 10.0 Å². The van der Waals surface area contributed by atoms with Crippen LogP contribution < -0.4 is 10.3 Å². The van der Waals surface area contributed by atoms with Crippen LogP contribution in [-0.4, -0.2) is 41.5 Å². The Hall–Kier alpha value is -2.68. The maximum absolute atomic E-state index is 12.9. The highest BCUT2D eigenvalue weighted by Crippen LogP contribution is 2.22. The summed E-state index contributed by atoms with van der Waals surface area (Å²) in [4.78, 5) is 33.0. The van der Waals surface area contributed by atoms with E-state index >= 15 is 0 Å². The van der Waals surface area contributed by atoms with Crippen molar-refractivity contribution in [3.8, 4) is 0 Å². The van der Waals surface area contributed by atoms with Crippen molar-refractivity contribution in [2.45, 2.75) is 19.9 Å². The number of H-pyrrole nitrogens is 1. The molecule has 0 atom stereocenters. The maximum Gasteiger partial charge on any atom is 0.256 e. The number of sulfonamides is 1. The van der Waals surface area contributed by atoms with E-state index in [0.29, 0.717) is 24.2 Å². The molecule has 2 aromatic rings. The first kappa shape index (κ1) is 17.2. The molecule has 0 fully saturated rings. The summed E-state index contributed by atoms with van der Waals surface area (Å²) in [5.74, 6) is -0.420. The minimum Gasteiger partial charge on any atom is -0.334 e. The van der Waals surface area contributed by atoms with E-state index in [2.05, 4.69) is 14.7 Å². The molecule has 1 aromatic heterocycles. The molecule has 25 heavy (non-hydrogen) atoms. The van der Waals surface area contributed by atoms with Gasteiger partial charge >= 0.3 is 0 Å². The van der Waals surface area contributed by atoms with Crippen LogP contribution in [0.1, 0.15) is 28.5 Å². The molecule has 1 aliphatic heterocycles. The second-order valence-corrected chi connectivity index (χ2v) is 7.70. The molecule has 0 aliphatic carbocycles. The van der Waals surface area contributed by atoms with Crippen LogP contribution in [0.3, 0.4) is 0 Å². The Morgan fingerprint density at radius 3 is 2.88 bits per heavy atom. The second-order valence-electron chi connectivity index (χ2n) is 5.68. The number of rotatable bonds is 4. The zero-order chi connectivity index (χ0) is 18.0. The summed E-state index contributed by atoms with van der Waals surface area (Å²) in [6.45, 7) is 2.08. The normalized spacial score (nSPS) is 14.0. The van der Waals surface area contributed by atoms with Gasteiger partial charge in [-0.05, 0) is 19.1 Å². The molecule has 0 radical (unpaired) electrons. The number of amides is 1. The van der Waals surface area contributed by atoms with E-state index in [0.717, 1.165) is 0 Å². The smallest absolute Gasteiger partial charge is 0.256 e. The Balaban J connectivity index is 1.90. The van der Waals surface area contributed by atoms with E-state index in [1.54, 1.807) is 24.3 Å². The summed E-state index contributed by atoms with van der Waals surface area (Å²) < 4.78 is 26.1. The molecule has 2 heterocycles. The van der Waals surface area contributed by atoms with Crippen molar-refractivity contribution in [1.82, 2.24) is 14.9 Å². The van der Waals surface area contributed by atoms with Gasteiger partial charge in [0.25, 0.3) is 11.5 Å². The number of hydrogen-bond acceptors (Lipinski definition) is 5. The maximum atomic E-state index is 12.9. The molecular weight excluding hydrogens is 344 g/mol. The van der Waals surface area contributed by atoms with Crippen LogP contribution in [0.15, 0.2) is 35.4 Å². The zero-order valence-electron chi connectivity index (χ0n) is 13.7. The van der Waals surface area contributed by atoms with Gasteiger partial charge in [-0.1, -0.05) is 12.1 Å². The number of nitrogens with one attached hydrogen (secondary N) is 2. The molecule has 0 unspecified atom stereocenters. The first-order valence-corrected chi connectivity index (χ1v) is 9.50. The third-order valence-electron chi connectivity index (χ3n) is 4.10. The van der Waals surface area contributed by atoms with Crippen molar-refractivity contribution in [3.05, 3.63) is 57.8 Å². The largest absolute Gasteiger partial charge is 0.334 e. The van der Waals surface area contributed by atoms with Gasteiger partial charge in [-0.2, -0.15) is 0 Å². The second kappa shape index (κ2) is 6.67. The SMILES string of the molecule is CCS(=O)(=O)Nc1ccccc1C(=O)N1CCc2nc[nH]c(=O)c2C1. The molecule has 0 saturated carbocycles. The van der Waals surface area contributed by atoms with Gasteiger partial charge in [-0.3, -0.25) is 14.3 Å². The van der Waals surface area contributed by atoms with E-state index in [9.17, 15) is 18.0 Å². The van der Waals surface area contributed by atoms with Crippen molar-refractivity contribution < 1.29 is 13.2 Å². The fourth-order valence-corrected chi connectivity index (χ4v) is 3.35. The molecule has 9 heteroatoms. The highest BCUT2D eigenvalue weighted by atomic mass is 32.2. The quantitative estimate of drug-likeness (QED) is 0.833. The molecule has 1 aliphatic rings. The van der Waals surface area contributed by atoms with Gasteiger partial charge in [0.15, 0.2) is 0 Å². The first-order chi connectivity index (χ1) is 11.9. The lowest BCUT2D eigenvalue weighted by atomic mass is 10.1. The van der Waals surface area contributed by atoms with Gasteiger partial charge in [-0.15, -0.1) is 0 Å². The third kappa shape index (κ3) is 3.55. The van der Waals surface area contributed by atoms with Gasteiger partial charge in [0.1, 0.15) is 0 Å². The lowest BCUT2D eigenvalue weighted by molar-refractivity contribution is 0.0733. The van der Waals surface area contributed by atoms with Gasteiger partial charge in [0, 0.05) is 13.0 Å². The van der Waals surface area contributed by atoms with Crippen LogP contribution >= 0.6 is 0 Å². The topological polar surface area (TPSA) is 112 Å². The van der Waals surface area contributed by atoms with E-state index in [-0.39, 0.29) is 35.0 Å². The van der Waals surface area contributed by atoms with Gasteiger partial charge in [-0.25, -0.2) is 13.4 Å². The van der Waals surface area contributed by atoms with Crippen molar-refractivity contribution in [2.24, 2.45) is 0 Å². The minimum atomic E-state index is -3.50. The molecule has 3 rings (SSSR count). The Morgan fingerprint density at radius 2 is 2.12 bits per heavy atom. The number of aromatic nitrogens is 2. The number of carbonyl (C=O) groups is 1. The minimum absolute atomic E-state index is 0.0896. The molecule has 0 spiro atoms. The van der Waals surface area contributed by atoms with E-state index in [1.165, 1.54) is 18.2 Å².